The second kappa shape index (κ2) is 4.69. The maximum absolute atomic E-state index is 5.31. The molecular weight excluding hydrogens is 220 g/mol. The fourth-order valence-electron chi connectivity index (χ4n) is 2.55. The fourth-order valence-corrected chi connectivity index (χ4v) is 2.55. The van der Waals surface area contributed by atoms with Gasteiger partial charge < -0.3 is 4.74 Å². The van der Waals surface area contributed by atoms with Crippen LogP contribution >= 0.6 is 0 Å². The number of hydrogen-bond donors (Lipinski definition) is 0. The van der Waals surface area contributed by atoms with Crippen LogP contribution < -0.4 is 4.74 Å². The Morgan fingerprint density at radius 1 is 1.00 bits per heavy atom. The predicted octanol–water partition coefficient (Wildman–Crippen LogP) is 4.07. The molecule has 0 aliphatic heterocycles. The largest absolute Gasteiger partial charge is 0.497 e. The Morgan fingerprint density at radius 2 is 1.89 bits per heavy atom. The van der Waals surface area contributed by atoms with Crippen molar-refractivity contribution in [1.29, 1.82) is 0 Å². The first-order valence-electron chi connectivity index (χ1n) is 6.31. The second-order valence-electron chi connectivity index (χ2n) is 4.55. The van der Waals surface area contributed by atoms with Crippen LogP contribution in [0.3, 0.4) is 0 Å². The molecule has 0 N–H and O–H groups in total. The maximum Gasteiger partial charge on any atom is 0.119 e. The molecule has 0 radical (unpaired) electrons. The lowest BCUT2D eigenvalue weighted by Gasteiger charge is -2.18. The van der Waals surface area contributed by atoms with Crippen LogP contribution in [-0.4, -0.2) is 7.11 Å². The number of aryl methyl sites for hydroxylation is 1. The van der Waals surface area contributed by atoms with Gasteiger partial charge in [0, 0.05) is 0 Å². The molecule has 0 fully saturated rings. The van der Waals surface area contributed by atoms with E-state index in [-0.39, 0.29) is 0 Å². The number of methoxy groups -OCH3 is 1. The third-order valence-electron chi connectivity index (χ3n) is 3.45. The molecule has 1 heteroatoms. The molecule has 0 aromatic heterocycles. The third kappa shape index (κ3) is 1.92. The molecule has 0 spiro atoms. The van der Waals surface area contributed by atoms with Crippen molar-refractivity contribution in [3.05, 3.63) is 71.3 Å². The number of rotatable bonds is 2. The first-order valence-corrected chi connectivity index (χ1v) is 6.31. The Morgan fingerprint density at radius 3 is 2.78 bits per heavy atom. The third-order valence-corrected chi connectivity index (χ3v) is 3.45. The molecule has 1 aliphatic carbocycles. The van der Waals surface area contributed by atoms with E-state index < -0.39 is 0 Å². The average Bonchev–Trinajstić information content (AvgIpc) is 2.47. The lowest BCUT2D eigenvalue weighted by atomic mass is 9.87. The van der Waals surface area contributed by atoms with Gasteiger partial charge in [-0.05, 0) is 47.2 Å². The molecule has 3 rings (SSSR count). The highest BCUT2D eigenvalue weighted by Gasteiger charge is 2.13. The Bertz CT molecular complexity index is 596. The van der Waals surface area contributed by atoms with Gasteiger partial charge in [-0.25, -0.2) is 0 Å². The molecule has 0 amide bonds. The minimum absolute atomic E-state index is 0.913. The van der Waals surface area contributed by atoms with Crippen molar-refractivity contribution >= 4 is 5.57 Å². The normalized spacial score (nSPS) is 13.7. The van der Waals surface area contributed by atoms with Gasteiger partial charge in [-0.15, -0.1) is 0 Å². The summed E-state index contributed by atoms with van der Waals surface area (Å²) in [6.07, 6.45) is 4.59. The minimum atomic E-state index is 0.913. The summed E-state index contributed by atoms with van der Waals surface area (Å²) < 4.78 is 5.31. The van der Waals surface area contributed by atoms with Gasteiger partial charge in [-0.1, -0.05) is 42.5 Å². The van der Waals surface area contributed by atoms with Crippen molar-refractivity contribution in [2.75, 3.05) is 7.11 Å². The topological polar surface area (TPSA) is 9.23 Å². The Balaban J connectivity index is 2.09. The van der Waals surface area contributed by atoms with E-state index in [4.69, 9.17) is 4.74 Å². The Kier molecular flexibility index (Phi) is 2.89. The van der Waals surface area contributed by atoms with Crippen LogP contribution in [0.2, 0.25) is 0 Å². The minimum Gasteiger partial charge on any atom is -0.497 e. The van der Waals surface area contributed by atoms with Gasteiger partial charge in [0.2, 0.25) is 0 Å². The van der Waals surface area contributed by atoms with E-state index in [0.717, 1.165) is 18.6 Å². The van der Waals surface area contributed by atoms with Crippen molar-refractivity contribution in [2.24, 2.45) is 0 Å². The van der Waals surface area contributed by atoms with Crippen LogP contribution in [0.4, 0.5) is 0 Å². The summed E-state index contributed by atoms with van der Waals surface area (Å²) in [6.45, 7) is 0. The zero-order valence-corrected chi connectivity index (χ0v) is 10.5. The lowest BCUT2D eigenvalue weighted by Crippen LogP contribution is -2.00. The number of benzene rings is 2. The van der Waals surface area contributed by atoms with Crippen LogP contribution in [0.1, 0.15) is 23.1 Å². The summed E-state index contributed by atoms with van der Waals surface area (Å²) in [5.74, 6) is 0.913. The van der Waals surface area contributed by atoms with Gasteiger partial charge in [-0.3, -0.25) is 0 Å². The summed E-state index contributed by atoms with van der Waals surface area (Å²) >= 11 is 0. The average molecular weight is 236 g/mol. The van der Waals surface area contributed by atoms with E-state index >= 15 is 0 Å². The molecule has 1 nitrogen and oxygen atoms in total. The number of allylic oxidation sites excluding steroid dienone is 1. The zero-order valence-electron chi connectivity index (χ0n) is 10.5. The van der Waals surface area contributed by atoms with Crippen LogP contribution in [0.25, 0.3) is 5.57 Å². The number of ether oxygens (including phenoxy) is 1. The van der Waals surface area contributed by atoms with Gasteiger partial charge in [0.05, 0.1) is 7.11 Å². The fraction of sp³-hybridized carbons (Fsp3) is 0.176. The van der Waals surface area contributed by atoms with Gasteiger partial charge >= 0.3 is 0 Å². The Labute approximate surface area is 108 Å². The lowest BCUT2D eigenvalue weighted by molar-refractivity contribution is 0.414. The molecule has 0 bridgehead atoms. The molecule has 2 aromatic rings. The van der Waals surface area contributed by atoms with Crippen LogP contribution in [0.15, 0.2) is 54.6 Å². The molecule has 1 aliphatic rings. The molecule has 0 saturated carbocycles. The van der Waals surface area contributed by atoms with Gasteiger partial charge in [-0.2, -0.15) is 0 Å². The molecule has 0 heterocycles. The molecule has 2 aromatic carbocycles. The van der Waals surface area contributed by atoms with Gasteiger partial charge in [0.1, 0.15) is 5.75 Å². The highest BCUT2D eigenvalue weighted by molar-refractivity contribution is 5.82. The van der Waals surface area contributed by atoms with E-state index in [9.17, 15) is 0 Å². The first kappa shape index (κ1) is 11.1. The highest BCUT2D eigenvalue weighted by atomic mass is 16.5. The molecule has 0 atom stereocenters. The second-order valence-corrected chi connectivity index (χ2v) is 4.55. The first-order chi connectivity index (χ1) is 8.88. The maximum atomic E-state index is 5.31. The van der Waals surface area contributed by atoms with E-state index in [1.54, 1.807) is 7.11 Å². The van der Waals surface area contributed by atoms with E-state index in [0.29, 0.717) is 0 Å². The van der Waals surface area contributed by atoms with E-state index in [1.165, 1.54) is 22.3 Å². The number of fused-ring (bicyclic) bond motifs is 1. The van der Waals surface area contributed by atoms with Gasteiger partial charge in [0.15, 0.2) is 0 Å². The van der Waals surface area contributed by atoms with Crippen molar-refractivity contribution in [1.82, 2.24) is 0 Å². The monoisotopic (exact) mass is 236 g/mol. The van der Waals surface area contributed by atoms with Crippen LogP contribution in [0.5, 0.6) is 5.75 Å². The summed E-state index contributed by atoms with van der Waals surface area (Å²) in [6, 6.07) is 16.9. The summed E-state index contributed by atoms with van der Waals surface area (Å²) in [4.78, 5) is 0. The van der Waals surface area contributed by atoms with Crippen molar-refractivity contribution in [3.8, 4) is 5.75 Å². The summed E-state index contributed by atoms with van der Waals surface area (Å²) in [5, 5.41) is 0. The van der Waals surface area contributed by atoms with E-state index in [1.807, 2.05) is 12.1 Å². The van der Waals surface area contributed by atoms with Crippen LogP contribution in [-0.2, 0) is 6.42 Å². The zero-order chi connectivity index (χ0) is 12.4. The van der Waals surface area contributed by atoms with Crippen molar-refractivity contribution in [2.45, 2.75) is 12.8 Å². The van der Waals surface area contributed by atoms with Gasteiger partial charge in [0.25, 0.3) is 0 Å². The molecular formula is C17H16O. The Hall–Kier alpha value is -2.02. The predicted molar refractivity (Wildman–Crippen MR) is 74.8 cm³/mol. The molecule has 90 valence electrons. The summed E-state index contributed by atoms with van der Waals surface area (Å²) in [7, 11) is 1.71. The molecule has 18 heavy (non-hydrogen) atoms. The summed E-state index contributed by atoms with van der Waals surface area (Å²) in [5.41, 5.74) is 5.37. The van der Waals surface area contributed by atoms with E-state index in [2.05, 4.69) is 42.5 Å². The van der Waals surface area contributed by atoms with Crippen molar-refractivity contribution < 1.29 is 4.74 Å². The molecule has 0 unspecified atom stereocenters. The molecule has 0 saturated heterocycles. The standard InChI is InChI=1S/C17H16O/c1-18-15-9-4-8-14(12-15)17-11-5-7-13-6-2-3-10-16(13)17/h2-4,6,8-12H,5,7H2,1H3. The SMILES string of the molecule is COc1cccc(C2=CCCc3ccccc32)c1. The quantitative estimate of drug-likeness (QED) is 0.763. The van der Waals surface area contributed by atoms with Crippen LogP contribution in [0, 0.1) is 0 Å². The smallest absolute Gasteiger partial charge is 0.119 e. The number of hydrogen-bond acceptors (Lipinski definition) is 1. The van der Waals surface area contributed by atoms with Crippen molar-refractivity contribution in [3.63, 3.8) is 0 Å². The highest BCUT2D eigenvalue weighted by Crippen LogP contribution is 2.32.